The highest BCUT2D eigenvalue weighted by Gasteiger charge is 2.34. The third-order valence-electron chi connectivity index (χ3n) is 8.07. The zero-order valence-corrected chi connectivity index (χ0v) is 29.8. The van der Waals surface area contributed by atoms with Crippen molar-refractivity contribution in [2.24, 2.45) is 4.99 Å². The number of aromatic nitrogens is 2. The molecule has 0 amide bonds. The Kier molecular flexibility index (Phi) is 11.1. The molecule has 13 heteroatoms. The van der Waals surface area contributed by atoms with Gasteiger partial charge in [0.25, 0.3) is 5.56 Å². The van der Waals surface area contributed by atoms with Crippen LogP contribution < -0.4 is 24.4 Å². The van der Waals surface area contributed by atoms with E-state index in [2.05, 4.69) is 4.99 Å². The maximum atomic E-state index is 14.3. The second-order valence-corrected chi connectivity index (χ2v) is 12.2. The number of methoxy groups -OCH3 is 1. The Balaban J connectivity index is 1.62. The fraction of sp³-hybridized carbons (Fsp3) is 0.324. The summed E-state index contributed by atoms with van der Waals surface area (Å²) in [6.07, 6.45) is 1.82. The fourth-order valence-electron chi connectivity index (χ4n) is 5.82. The molecule has 0 saturated carbocycles. The molecular formula is C37H39N3O9S. The molecule has 12 nitrogen and oxygen atoms in total. The van der Waals surface area contributed by atoms with Crippen LogP contribution in [0.5, 0.6) is 11.5 Å². The molecule has 2 aromatic carbocycles. The summed E-state index contributed by atoms with van der Waals surface area (Å²) in [5.41, 5.74) is 4.84. The number of nitrogens with zero attached hydrogens (tertiary/aromatic N) is 3. The van der Waals surface area contributed by atoms with Gasteiger partial charge in [-0.25, -0.2) is 19.4 Å². The van der Waals surface area contributed by atoms with Crippen molar-refractivity contribution in [3.05, 3.63) is 108 Å². The van der Waals surface area contributed by atoms with Crippen molar-refractivity contribution < 1.29 is 38.1 Å². The van der Waals surface area contributed by atoms with Crippen molar-refractivity contribution in [3.8, 4) is 17.2 Å². The third-order valence-corrected chi connectivity index (χ3v) is 9.05. The van der Waals surface area contributed by atoms with Gasteiger partial charge in [-0.3, -0.25) is 9.36 Å². The van der Waals surface area contributed by atoms with Gasteiger partial charge in [0, 0.05) is 17.1 Å². The molecule has 262 valence electrons. The second-order valence-electron chi connectivity index (χ2n) is 11.2. The number of hydrogen-bond acceptors (Lipinski definition) is 11. The highest BCUT2D eigenvalue weighted by atomic mass is 32.1. The summed E-state index contributed by atoms with van der Waals surface area (Å²) < 4.78 is 30.7. The van der Waals surface area contributed by atoms with Crippen LogP contribution in [-0.2, 0) is 23.8 Å². The van der Waals surface area contributed by atoms with Crippen LogP contribution in [0.1, 0.15) is 66.6 Å². The van der Waals surface area contributed by atoms with Gasteiger partial charge in [-0.05, 0) is 101 Å². The summed E-state index contributed by atoms with van der Waals surface area (Å²) in [5, 5.41) is 0. The van der Waals surface area contributed by atoms with E-state index in [1.165, 1.54) is 23.0 Å². The van der Waals surface area contributed by atoms with E-state index in [4.69, 9.17) is 23.7 Å². The van der Waals surface area contributed by atoms with Gasteiger partial charge in [0.2, 0.25) is 0 Å². The molecule has 5 rings (SSSR count). The van der Waals surface area contributed by atoms with Crippen molar-refractivity contribution in [1.82, 2.24) is 9.13 Å². The zero-order valence-electron chi connectivity index (χ0n) is 29.0. The number of aryl methyl sites for hydroxylation is 1. The lowest BCUT2D eigenvalue weighted by Gasteiger charge is -2.25. The topological polar surface area (TPSA) is 137 Å². The molecule has 1 aliphatic heterocycles. The predicted molar refractivity (Wildman–Crippen MR) is 187 cm³/mol. The smallest absolute Gasteiger partial charge is 0.343 e. The number of fused-ring (bicyclic) bond motifs is 1. The summed E-state index contributed by atoms with van der Waals surface area (Å²) >= 11 is 1.22. The van der Waals surface area contributed by atoms with Crippen molar-refractivity contribution in [2.75, 3.05) is 33.5 Å². The molecule has 1 aliphatic rings. The van der Waals surface area contributed by atoms with Gasteiger partial charge in [-0.15, -0.1) is 0 Å². The third kappa shape index (κ3) is 7.13. The first-order valence-corrected chi connectivity index (χ1v) is 17.0. The maximum Gasteiger partial charge on any atom is 0.343 e. The molecule has 1 atom stereocenters. The minimum atomic E-state index is -0.883. The molecule has 4 aromatic rings. The van der Waals surface area contributed by atoms with E-state index in [0.717, 1.165) is 22.6 Å². The van der Waals surface area contributed by atoms with Crippen LogP contribution in [0.15, 0.2) is 69.6 Å². The van der Waals surface area contributed by atoms with Gasteiger partial charge >= 0.3 is 17.9 Å². The average Bonchev–Trinajstić information content (AvgIpc) is 3.56. The summed E-state index contributed by atoms with van der Waals surface area (Å²) in [6.45, 7) is 11.3. The van der Waals surface area contributed by atoms with E-state index in [-0.39, 0.29) is 30.3 Å². The van der Waals surface area contributed by atoms with E-state index in [0.29, 0.717) is 50.9 Å². The SMILES string of the molecule is CCOC(=O)C1=C(C)N=c2s/c(=C\c3cc(C)n(-c4ccc(C(=O)OCC)cc4)c3C)c(=O)n2[C@H]1c1ccc(OCC(=O)OC)c(OCC)c1. The lowest BCUT2D eigenvalue weighted by atomic mass is 9.95. The van der Waals surface area contributed by atoms with E-state index >= 15 is 0 Å². The standard InChI is InChI=1S/C37H39N3O9S/c1-8-46-29-18-25(13-16-28(29)49-20-31(41)45-7)33-32(36(44)48-10-3)22(5)38-37-40(33)34(42)30(50-37)19-26-17-21(4)39(23(26)6)27-14-11-24(12-15-27)35(43)47-9-2/h11-19,33H,8-10,20H2,1-7H3/b30-19-/t33-/m0/s1. The van der Waals surface area contributed by atoms with Gasteiger partial charge in [-0.2, -0.15) is 0 Å². The number of carbonyl (C=O) groups is 3. The normalized spacial score (nSPS) is 14.1. The van der Waals surface area contributed by atoms with Crippen molar-refractivity contribution in [1.29, 1.82) is 0 Å². The van der Waals surface area contributed by atoms with E-state index in [1.54, 1.807) is 51.1 Å². The Labute approximate surface area is 292 Å². The Morgan fingerprint density at radius 3 is 2.24 bits per heavy atom. The van der Waals surface area contributed by atoms with Crippen LogP contribution in [0.4, 0.5) is 0 Å². The molecule has 3 heterocycles. The van der Waals surface area contributed by atoms with Crippen LogP contribution >= 0.6 is 11.3 Å². The number of ether oxygens (including phenoxy) is 5. The first-order chi connectivity index (χ1) is 24.0. The highest BCUT2D eigenvalue weighted by molar-refractivity contribution is 7.07. The molecular weight excluding hydrogens is 662 g/mol. The molecule has 0 aliphatic carbocycles. The molecule has 0 spiro atoms. The van der Waals surface area contributed by atoms with Gasteiger partial charge in [-0.1, -0.05) is 17.4 Å². The van der Waals surface area contributed by atoms with Crippen LogP contribution in [0, 0.1) is 13.8 Å². The lowest BCUT2D eigenvalue weighted by Crippen LogP contribution is -2.40. The first-order valence-electron chi connectivity index (χ1n) is 16.1. The lowest BCUT2D eigenvalue weighted by molar-refractivity contribution is -0.143. The predicted octanol–water partition coefficient (Wildman–Crippen LogP) is 4.33. The number of thiazole rings is 1. The molecule has 0 radical (unpaired) electrons. The van der Waals surface area contributed by atoms with E-state index in [9.17, 15) is 19.2 Å². The van der Waals surface area contributed by atoms with Crippen molar-refractivity contribution >= 4 is 35.3 Å². The second kappa shape index (κ2) is 15.4. The highest BCUT2D eigenvalue weighted by Crippen LogP contribution is 2.36. The average molecular weight is 702 g/mol. The van der Waals surface area contributed by atoms with Crippen LogP contribution in [0.25, 0.3) is 11.8 Å². The Hall–Kier alpha value is -5.43. The van der Waals surface area contributed by atoms with Crippen molar-refractivity contribution in [2.45, 2.75) is 47.6 Å². The van der Waals surface area contributed by atoms with E-state index < -0.39 is 18.0 Å². The van der Waals surface area contributed by atoms with Crippen LogP contribution in [-0.4, -0.2) is 60.6 Å². The molecule has 0 N–H and O–H groups in total. The fourth-order valence-corrected chi connectivity index (χ4v) is 6.86. The number of benzene rings is 2. The Morgan fingerprint density at radius 1 is 0.880 bits per heavy atom. The summed E-state index contributed by atoms with van der Waals surface area (Å²) in [5.74, 6) is -0.893. The minimum absolute atomic E-state index is 0.137. The van der Waals surface area contributed by atoms with Crippen LogP contribution in [0.3, 0.4) is 0 Å². The molecule has 0 bridgehead atoms. The number of esters is 3. The largest absolute Gasteiger partial charge is 0.490 e. The number of allylic oxidation sites excluding steroid dienone is 1. The number of carbonyl (C=O) groups excluding carboxylic acids is 3. The van der Waals surface area contributed by atoms with Crippen LogP contribution in [0.2, 0.25) is 0 Å². The minimum Gasteiger partial charge on any atom is -0.490 e. The van der Waals surface area contributed by atoms with E-state index in [1.807, 2.05) is 49.6 Å². The maximum absolute atomic E-state index is 14.3. The molecule has 0 unspecified atom stereocenters. The number of hydrogen-bond donors (Lipinski definition) is 0. The Bertz CT molecular complexity index is 2160. The molecule has 0 saturated heterocycles. The zero-order chi connectivity index (χ0) is 36.1. The molecule has 50 heavy (non-hydrogen) atoms. The van der Waals surface area contributed by atoms with Crippen molar-refractivity contribution in [3.63, 3.8) is 0 Å². The quantitative estimate of drug-likeness (QED) is 0.156. The first kappa shape index (κ1) is 35.9. The Morgan fingerprint density at radius 2 is 1.58 bits per heavy atom. The molecule has 2 aromatic heterocycles. The monoisotopic (exact) mass is 701 g/mol. The van der Waals surface area contributed by atoms with Gasteiger partial charge in [0.1, 0.15) is 0 Å². The summed E-state index contributed by atoms with van der Waals surface area (Å²) in [7, 11) is 1.27. The summed E-state index contributed by atoms with van der Waals surface area (Å²) in [4.78, 5) is 56.7. The molecule has 0 fully saturated rings. The van der Waals surface area contributed by atoms with Gasteiger partial charge in [0.15, 0.2) is 22.9 Å². The number of rotatable bonds is 12. The van der Waals surface area contributed by atoms with Gasteiger partial charge in [0.05, 0.1) is 54.3 Å². The van der Waals surface area contributed by atoms with Gasteiger partial charge < -0.3 is 28.3 Å². The summed E-state index contributed by atoms with van der Waals surface area (Å²) in [6, 6.07) is 13.3.